The quantitative estimate of drug-likeness (QED) is 0.779. The van der Waals surface area contributed by atoms with Gasteiger partial charge < -0.3 is 10.1 Å². The van der Waals surface area contributed by atoms with Crippen molar-refractivity contribution in [3.8, 4) is 0 Å². The van der Waals surface area contributed by atoms with Crippen LogP contribution in [0.5, 0.6) is 0 Å². The van der Waals surface area contributed by atoms with Gasteiger partial charge in [0.1, 0.15) is 6.04 Å². The van der Waals surface area contributed by atoms with E-state index < -0.39 is 0 Å². The fourth-order valence-electron chi connectivity index (χ4n) is 2.28. The molecule has 16 heavy (non-hydrogen) atoms. The van der Waals surface area contributed by atoms with Crippen LogP contribution in [0.2, 0.25) is 0 Å². The molecule has 86 valence electrons. The van der Waals surface area contributed by atoms with Crippen LogP contribution in [-0.2, 0) is 22.4 Å². The Balaban J connectivity index is 1.94. The first-order valence-electron chi connectivity index (χ1n) is 5.61. The Kier molecular flexibility index (Phi) is 3.25. The van der Waals surface area contributed by atoms with Crippen molar-refractivity contribution in [1.29, 1.82) is 0 Å². The molecule has 1 aliphatic rings. The molecule has 1 aliphatic carbocycles. The maximum Gasteiger partial charge on any atom is 0.322 e. The topological polar surface area (TPSA) is 38.3 Å². The van der Waals surface area contributed by atoms with Crippen molar-refractivity contribution in [2.45, 2.75) is 31.8 Å². The zero-order valence-electron chi connectivity index (χ0n) is 9.69. The molecule has 1 atom stereocenters. The fourth-order valence-corrected chi connectivity index (χ4v) is 2.28. The van der Waals surface area contributed by atoms with Crippen LogP contribution < -0.4 is 5.32 Å². The first-order valence-corrected chi connectivity index (χ1v) is 5.61. The van der Waals surface area contributed by atoms with Crippen molar-refractivity contribution < 1.29 is 9.53 Å². The predicted molar refractivity (Wildman–Crippen MR) is 62.3 cm³/mol. The first-order chi connectivity index (χ1) is 7.70. The van der Waals surface area contributed by atoms with E-state index in [0.717, 1.165) is 12.8 Å². The lowest BCUT2D eigenvalue weighted by Gasteiger charge is -2.16. The average molecular weight is 219 g/mol. The van der Waals surface area contributed by atoms with Gasteiger partial charge in [-0.3, -0.25) is 4.79 Å². The van der Waals surface area contributed by atoms with Gasteiger partial charge in [-0.1, -0.05) is 24.3 Å². The Morgan fingerprint density at radius 1 is 1.38 bits per heavy atom. The van der Waals surface area contributed by atoms with E-state index in [9.17, 15) is 4.79 Å². The molecule has 0 saturated carbocycles. The minimum Gasteiger partial charge on any atom is -0.468 e. The van der Waals surface area contributed by atoms with E-state index in [0.29, 0.717) is 6.04 Å². The van der Waals surface area contributed by atoms with E-state index in [1.165, 1.54) is 18.2 Å². The molecule has 0 spiro atoms. The highest BCUT2D eigenvalue weighted by molar-refractivity contribution is 5.75. The second kappa shape index (κ2) is 4.66. The Morgan fingerprint density at radius 3 is 2.44 bits per heavy atom. The molecule has 0 unspecified atom stereocenters. The van der Waals surface area contributed by atoms with E-state index in [-0.39, 0.29) is 12.0 Å². The summed E-state index contributed by atoms with van der Waals surface area (Å²) in [6, 6.07) is 8.55. The molecule has 0 heterocycles. The minimum absolute atomic E-state index is 0.198. The van der Waals surface area contributed by atoms with Crippen molar-refractivity contribution in [1.82, 2.24) is 5.32 Å². The van der Waals surface area contributed by atoms with Crippen LogP contribution in [0, 0.1) is 0 Å². The summed E-state index contributed by atoms with van der Waals surface area (Å²) in [4.78, 5) is 11.3. The summed E-state index contributed by atoms with van der Waals surface area (Å²) in [5, 5.41) is 3.30. The van der Waals surface area contributed by atoms with Crippen LogP contribution >= 0.6 is 0 Å². The van der Waals surface area contributed by atoms with Gasteiger partial charge in [0.2, 0.25) is 0 Å². The number of nitrogens with one attached hydrogen (secondary N) is 1. The summed E-state index contributed by atoms with van der Waals surface area (Å²) in [5.74, 6) is -0.198. The molecule has 1 aromatic rings. The van der Waals surface area contributed by atoms with Gasteiger partial charge in [-0.25, -0.2) is 0 Å². The number of esters is 1. The maximum absolute atomic E-state index is 11.3. The van der Waals surface area contributed by atoms with Gasteiger partial charge in [0, 0.05) is 6.04 Å². The highest BCUT2D eigenvalue weighted by Crippen LogP contribution is 2.21. The van der Waals surface area contributed by atoms with Gasteiger partial charge in [0.25, 0.3) is 0 Å². The SMILES string of the molecule is COC(=O)[C@H](C)NC1Cc2ccccc2C1. The molecule has 0 aliphatic heterocycles. The number of hydrogen-bond acceptors (Lipinski definition) is 3. The highest BCUT2D eigenvalue weighted by atomic mass is 16.5. The molecule has 1 aromatic carbocycles. The Morgan fingerprint density at radius 2 is 1.94 bits per heavy atom. The third-order valence-electron chi connectivity index (χ3n) is 3.09. The van der Waals surface area contributed by atoms with E-state index in [1.807, 2.05) is 6.92 Å². The molecule has 0 bridgehead atoms. The van der Waals surface area contributed by atoms with Crippen molar-refractivity contribution >= 4 is 5.97 Å². The molecule has 0 aromatic heterocycles. The average Bonchev–Trinajstić information content (AvgIpc) is 2.69. The fraction of sp³-hybridized carbons (Fsp3) is 0.462. The number of carbonyl (C=O) groups excluding carboxylic acids is 1. The van der Waals surface area contributed by atoms with Gasteiger partial charge in [-0.05, 0) is 30.9 Å². The lowest BCUT2D eigenvalue weighted by Crippen LogP contribution is -2.42. The predicted octanol–water partition coefficient (Wildman–Crippen LogP) is 1.30. The summed E-state index contributed by atoms with van der Waals surface area (Å²) < 4.78 is 4.70. The van der Waals surface area contributed by atoms with E-state index in [1.54, 1.807) is 0 Å². The van der Waals surface area contributed by atoms with Crippen LogP contribution in [0.25, 0.3) is 0 Å². The largest absolute Gasteiger partial charge is 0.468 e. The molecule has 3 heteroatoms. The van der Waals surface area contributed by atoms with Gasteiger partial charge >= 0.3 is 5.97 Å². The summed E-state index contributed by atoms with van der Waals surface area (Å²) >= 11 is 0. The van der Waals surface area contributed by atoms with E-state index in [2.05, 4.69) is 29.6 Å². The summed E-state index contributed by atoms with van der Waals surface area (Å²) in [6.07, 6.45) is 2.00. The third-order valence-corrected chi connectivity index (χ3v) is 3.09. The van der Waals surface area contributed by atoms with Crippen molar-refractivity contribution in [2.24, 2.45) is 0 Å². The maximum atomic E-state index is 11.3. The molecule has 0 saturated heterocycles. The number of carbonyl (C=O) groups is 1. The number of fused-ring (bicyclic) bond motifs is 1. The monoisotopic (exact) mass is 219 g/mol. The molecule has 3 nitrogen and oxygen atoms in total. The van der Waals surface area contributed by atoms with Crippen molar-refractivity contribution in [3.63, 3.8) is 0 Å². The number of benzene rings is 1. The zero-order valence-corrected chi connectivity index (χ0v) is 9.69. The van der Waals surface area contributed by atoms with Gasteiger partial charge in [0.05, 0.1) is 7.11 Å². The van der Waals surface area contributed by atoms with Gasteiger partial charge in [-0.15, -0.1) is 0 Å². The van der Waals surface area contributed by atoms with Gasteiger partial charge in [-0.2, -0.15) is 0 Å². The molecular weight excluding hydrogens is 202 g/mol. The molecule has 0 radical (unpaired) electrons. The molecule has 0 amide bonds. The van der Waals surface area contributed by atoms with Crippen LogP contribution in [0.4, 0.5) is 0 Å². The number of hydrogen-bond donors (Lipinski definition) is 1. The van der Waals surface area contributed by atoms with Crippen LogP contribution in [0.3, 0.4) is 0 Å². The normalized spacial score (nSPS) is 16.9. The second-order valence-corrected chi connectivity index (χ2v) is 4.29. The zero-order chi connectivity index (χ0) is 11.5. The second-order valence-electron chi connectivity index (χ2n) is 4.29. The summed E-state index contributed by atoms with van der Waals surface area (Å²) in [7, 11) is 1.42. The Labute approximate surface area is 95.8 Å². The summed E-state index contributed by atoms with van der Waals surface area (Å²) in [5.41, 5.74) is 2.77. The van der Waals surface area contributed by atoms with E-state index >= 15 is 0 Å². The minimum atomic E-state index is -0.232. The highest BCUT2D eigenvalue weighted by Gasteiger charge is 2.24. The molecular formula is C13H17NO2. The summed E-state index contributed by atoms with van der Waals surface area (Å²) in [6.45, 7) is 1.84. The smallest absolute Gasteiger partial charge is 0.322 e. The third kappa shape index (κ3) is 2.25. The van der Waals surface area contributed by atoms with Gasteiger partial charge in [0.15, 0.2) is 0 Å². The number of rotatable bonds is 3. The lowest BCUT2D eigenvalue weighted by molar-refractivity contribution is -0.142. The van der Waals surface area contributed by atoms with Crippen molar-refractivity contribution in [2.75, 3.05) is 7.11 Å². The first kappa shape index (κ1) is 11.1. The Hall–Kier alpha value is -1.35. The van der Waals surface area contributed by atoms with Crippen LogP contribution in [0.1, 0.15) is 18.1 Å². The van der Waals surface area contributed by atoms with E-state index in [4.69, 9.17) is 4.74 Å². The van der Waals surface area contributed by atoms with Crippen LogP contribution in [0.15, 0.2) is 24.3 Å². The number of ether oxygens (including phenoxy) is 1. The molecule has 0 fully saturated rings. The lowest BCUT2D eigenvalue weighted by atomic mass is 10.1. The number of methoxy groups -OCH3 is 1. The molecule has 1 N–H and O–H groups in total. The standard InChI is InChI=1S/C13H17NO2/c1-9(13(15)16-2)14-12-7-10-5-3-4-6-11(10)8-12/h3-6,9,12,14H,7-8H2,1-2H3/t9-/m0/s1. The molecule has 2 rings (SSSR count). The van der Waals surface area contributed by atoms with Crippen molar-refractivity contribution in [3.05, 3.63) is 35.4 Å². The van der Waals surface area contributed by atoms with Crippen LogP contribution in [-0.4, -0.2) is 25.2 Å². The Bertz CT molecular complexity index is 364.